The zero-order chi connectivity index (χ0) is 102. The van der Waals surface area contributed by atoms with Gasteiger partial charge in [0.1, 0.15) is 75.6 Å². The van der Waals surface area contributed by atoms with E-state index in [-0.39, 0.29) is 55.9 Å². The lowest BCUT2D eigenvalue weighted by Gasteiger charge is -2.38. The number of carbonyl (C=O) groups excluding carboxylic acids is 2. The van der Waals surface area contributed by atoms with Crippen LogP contribution in [0, 0.1) is 47.6 Å². The van der Waals surface area contributed by atoms with Gasteiger partial charge >= 0.3 is 5.82 Å². The Kier molecular flexibility index (Phi) is 48.5. The second-order valence-electron chi connectivity index (χ2n) is 42.7. The minimum Gasteiger partial charge on any atom is -0.481 e. The molecular weight excluding hydrogens is 1970 g/mol. The molecule has 2 aliphatic heterocycles. The van der Waals surface area contributed by atoms with E-state index in [0.717, 1.165) is 211 Å². The molecule has 21 heteroatoms. The molecule has 0 saturated heterocycles. The Morgan fingerprint density at radius 2 is 0.614 bits per heavy atom. The van der Waals surface area contributed by atoms with E-state index in [2.05, 4.69) is 87.6 Å². The van der Waals surface area contributed by atoms with Gasteiger partial charge in [0.2, 0.25) is 0 Å². The second-order valence-corrected chi connectivity index (χ2v) is 49.2. The number of hydrogen-bond donors (Lipinski definition) is 0. The number of nitriles is 2. The molecule has 0 saturated carbocycles. The Morgan fingerprint density at radius 1 is 0.345 bits per heavy atom. The zero-order valence-corrected chi connectivity index (χ0v) is 95.7. The van der Waals surface area contributed by atoms with Crippen LogP contribution in [0.5, 0.6) is 11.5 Å². The summed E-state index contributed by atoms with van der Waals surface area (Å²) in [4.78, 5) is 58.8. The van der Waals surface area contributed by atoms with E-state index < -0.39 is 23.0 Å². The van der Waals surface area contributed by atoms with Crippen LogP contribution >= 0.6 is 103 Å². The number of Topliss-reactive ketones (excluding diaryl/α,β-unsaturated/α-hetero) is 2. The molecule has 0 fully saturated rings. The summed E-state index contributed by atoms with van der Waals surface area (Å²) in [5.41, 5.74) is 10.7. The first-order valence-electron chi connectivity index (χ1n) is 57.6. The van der Waals surface area contributed by atoms with Gasteiger partial charge in [-0.2, -0.15) is 29.0 Å². The van der Waals surface area contributed by atoms with Crippen LogP contribution in [-0.2, 0) is 36.9 Å². The minimum absolute atomic E-state index is 0.109. The number of nitrogens with zero attached hydrogens (tertiary/aromatic N) is 8. The number of ketones is 2. The van der Waals surface area contributed by atoms with Crippen molar-refractivity contribution < 1.29 is 19.1 Å². The summed E-state index contributed by atoms with van der Waals surface area (Å²) in [6.07, 6.45) is 78.6. The summed E-state index contributed by atoms with van der Waals surface area (Å²) in [5.74, 6) is -0.547. The normalized spacial score (nSPS) is 14.7. The molecular formula is C124H164Cl4N8O4S5. The third kappa shape index (κ3) is 30.8. The molecule has 0 spiro atoms. The highest BCUT2D eigenvalue weighted by Gasteiger charge is 2.49. The largest absolute Gasteiger partial charge is 0.523 e. The molecule has 2 atom stereocenters. The molecule has 13 rings (SSSR count). The minimum atomic E-state index is -0.840. The standard InChI is InChI=1S/C124H164Cl4N8O4S5/c1-9-15-21-27-33-39-45-51-57-63-69-102-103(70-64-58-52-46-40-34-28-22-16-10-2)134-113-111(107-84-97-119(144-107)121-105(78-89(142-121)76-95-109(122(131-7)132-8)91-80-99(126)101(128)82-93(91)117(95)138)140-124(97,73-67-61-55-49-43-37-31-25-19-13-5)74-68-62-56-50-44-38-32-26-20-14-6)115-114(135-145-136-115)110(112(113)133-102)106-83-96-118(143-106)120-104(77-88(141-120)75-94-108(87(85-129)86-130)90-79-98(125)100(127)81-92(90)116(94)137)139-123(96,71-65-59-53-47-41-35-29-23-17-11-3)72-66-60-54-48-42-36-30-24-18-12-4/h77-84,94-95H,9-76H2,1-6H3. The van der Waals surface area contributed by atoms with Gasteiger partial charge in [0.25, 0.3) is 0 Å². The van der Waals surface area contributed by atoms with E-state index in [0.29, 0.717) is 33.4 Å². The maximum atomic E-state index is 15.2. The van der Waals surface area contributed by atoms with E-state index in [1.54, 1.807) is 46.9 Å². The maximum absolute atomic E-state index is 15.2. The molecule has 4 aliphatic rings. The summed E-state index contributed by atoms with van der Waals surface area (Å²) in [7, 11) is 0. The van der Waals surface area contributed by atoms with Crippen LogP contribution in [-0.4, -0.2) is 30.3 Å². The van der Waals surface area contributed by atoms with Crippen LogP contribution in [0.2, 0.25) is 20.1 Å². The zero-order valence-electron chi connectivity index (χ0n) is 88.6. The SMILES string of the molecule is [C-]#[N+]C([N+]#[C-])=C1c2cc(Cl)c(Cl)cc2C(=O)C1Cc1cc2c(s1)-c1sc(-c3c4nsnc4c(-c4cc5c(s4)-c4sc(CC6C(=O)c7cc(Cl)c(Cl)cc7C6=C(C#N)C#N)cc4OC5(CCCCCCCCCCCC)CCCCCCCCCCCC)c4nc(CCCCCCCCCCCC)c(CCCCCCCCCCCC)nc34)cc1C(CCCCCCCCCCCC)(CCCCCCCCCCCC)O2. The van der Waals surface area contributed by atoms with Crippen LogP contribution in [0.15, 0.2) is 59.9 Å². The highest BCUT2D eigenvalue weighted by Crippen LogP contribution is 2.63. The molecule has 0 radical (unpaired) electrons. The summed E-state index contributed by atoms with van der Waals surface area (Å²) in [5, 5.41) is 22.5. The molecule has 0 N–H and O–H groups in total. The van der Waals surface area contributed by atoms with Crippen molar-refractivity contribution in [2.45, 2.75) is 489 Å². The van der Waals surface area contributed by atoms with Crippen LogP contribution in [0.25, 0.3) is 83.3 Å². The number of benzene rings is 3. The average Bonchev–Trinajstić information content (AvgIpc) is 1.56. The van der Waals surface area contributed by atoms with E-state index in [4.69, 9.17) is 87.7 Å². The summed E-state index contributed by atoms with van der Waals surface area (Å²) >= 11 is 35.2. The Labute approximate surface area is 911 Å². The number of allylic oxidation sites excluding steroid dienone is 3. The fourth-order valence-electron chi connectivity index (χ4n) is 23.3. The predicted octanol–water partition coefficient (Wildman–Crippen LogP) is 42.9. The van der Waals surface area contributed by atoms with Crippen LogP contribution in [0.4, 0.5) is 0 Å². The highest BCUT2D eigenvalue weighted by atomic mass is 35.5. The Bertz CT molecular complexity index is 5490. The molecule has 12 nitrogen and oxygen atoms in total. The number of hydrogen-bond acceptors (Lipinski definition) is 15. The van der Waals surface area contributed by atoms with Crippen molar-refractivity contribution in [2.75, 3.05) is 0 Å². The summed E-state index contributed by atoms with van der Waals surface area (Å²) < 4.78 is 27.4. The summed E-state index contributed by atoms with van der Waals surface area (Å²) in [6, 6.07) is 20.3. The van der Waals surface area contributed by atoms with Crippen molar-refractivity contribution in [3.8, 4) is 64.0 Å². The maximum Gasteiger partial charge on any atom is 0.523 e. The molecule has 3 aromatic carbocycles. The van der Waals surface area contributed by atoms with Gasteiger partial charge in [-0.3, -0.25) is 9.59 Å². The molecule has 782 valence electrons. The van der Waals surface area contributed by atoms with E-state index in [1.165, 1.54) is 331 Å². The van der Waals surface area contributed by atoms with Gasteiger partial charge in [0.05, 0.1) is 80.1 Å². The van der Waals surface area contributed by atoms with E-state index >= 15 is 9.59 Å². The number of halogens is 4. The Hall–Kier alpha value is -6.84. The van der Waals surface area contributed by atoms with Gasteiger partial charge in [0.15, 0.2) is 11.6 Å². The molecule has 145 heavy (non-hydrogen) atoms. The molecule has 2 unspecified atom stereocenters. The van der Waals surface area contributed by atoms with Crippen molar-refractivity contribution in [1.82, 2.24) is 18.7 Å². The predicted molar refractivity (Wildman–Crippen MR) is 620 cm³/mol. The number of unbranched alkanes of at least 4 members (excludes halogenated alkanes) is 54. The highest BCUT2D eigenvalue weighted by molar-refractivity contribution is 7.25. The Balaban J connectivity index is 1.00. The van der Waals surface area contributed by atoms with Gasteiger partial charge in [-0.05, 0) is 155 Å². The molecule has 0 bridgehead atoms. The lowest BCUT2D eigenvalue weighted by Crippen LogP contribution is -2.35. The number of thiophene rings is 4. The topological polar surface area (TPSA) is 160 Å². The molecule has 6 aromatic heterocycles. The first-order valence-corrected chi connectivity index (χ1v) is 63.1. The molecule has 2 aliphatic carbocycles. The number of ether oxygens (including phenoxy) is 2. The second kappa shape index (κ2) is 61.0. The number of fused-ring (bicyclic) bond motifs is 10. The first-order chi connectivity index (χ1) is 71.0. The fourth-order valence-corrected chi connectivity index (χ4v) is 29.7. The van der Waals surface area contributed by atoms with Crippen molar-refractivity contribution in [3.63, 3.8) is 0 Å². The monoisotopic (exact) mass is 2130 g/mol. The van der Waals surface area contributed by atoms with Crippen LogP contribution in [0.1, 0.15) is 517 Å². The lowest BCUT2D eigenvalue weighted by atomic mass is 9.81. The van der Waals surface area contributed by atoms with Gasteiger partial charge < -0.3 is 9.47 Å². The van der Waals surface area contributed by atoms with Crippen molar-refractivity contribution in [3.05, 3.63) is 157 Å². The smallest absolute Gasteiger partial charge is 0.481 e. The van der Waals surface area contributed by atoms with Crippen molar-refractivity contribution >= 4 is 148 Å². The molecule has 9 aromatic rings. The van der Waals surface area contributed by atoms with Gasteiger partial charge in [-0.25, -0.2) is 9.97 Å². The van der Waals surface area contributed by atoms with Gasteiger partial charge in [-0.15, -0.1) is 45.3 Å². The van der Waals surface area contributed by atoms with Crippen LogP contribution < -0.4 is 9.47 Å². The lowest BCUT2D eigenvalue weighted by molar-refractivity contribution is 0.0395. The Morgan fingerprint density at radius 3 is 0.903 bits per heavy atom. The molecule has 8 heterocycles. The third-order valence-electron chi connectivity index (χ3n) is 31.5. The van der Waals surface area contributed by atoms with Crippen molar-refractivity contribution in [1.29, 1.82) is 10.5 Å². The molecule has 0 amide bonds. The number of rotatable bonds is 72. The first kappa shape index (κ1) is 115. The van der Waals surface area contributed by atoms with Crippen molar-refractivity contribution in [2.24, 2.45) is 11.8 Å². The van der Waals surface area contributed by atoms with E-state index in [9.17, 15) is 10.5 Å². The van der Waals surface area contributed by atoms with Crippen LogP contribution in [0.3, 0.4) is 0 Å². The average molecular weight is 2130 g/mol. The fraction of sp³-hybridized carbons (Fsp3) is 0.629. The number of carbonyl (C=O) groups is 2. The quantitative estimate of drug-likeness (QED) is 0.0204. The van der Waals surface area contributed by atoms with Gasteiger partial charge in [0, 0.05) is 52.9 Å². The van der Waals surface area contributed by atoms with E-state index in [1.807, 2.05) is 22.7 Å². The number of aromatic nitrogens is 4. The number of aryl methyl sites for hydroxylation is 2. The summed E-state index contributed by atoms with van der Waals surface area (Å²) in [6.45, 7) is 30.5. The van der Waals surface area contributed by atoms with Gasteiger partial charge in [-0.1, -0.05) is 435 Å². The third-order valence-corrected chi connectivity index (χ3v) is 38.4.